The van der Waals surface area contributed by atoms with E-state index in [0.717, 1.165) is 28.1 Å². The summed E-state index contributed by atoms with van der Waals surface area (Å²) in [6.07, 6.45) is 0.602. The lowest BCUT2D eigenvalue weighted by Crippen LogP contribution is -2.28. The molecule has 168 valence electrons. The Kier molecular flexibility index (Phi) is 6.87. The smallest absolute Gasteiger partial charge is 0.270 e. The Morgan fingerprint density at radius 2 is 1.76 bits per heavy atom. The highest BCUT2D eigenvalue weighted by atomic mass is 35.5. The third-order valence-electron chi connectivity index (χ3n) is 5.69. The summed E-state index contributed by atoms with van der Waals surface area (Å²) in [5, 5.41) is 8.99. The van der Waals surface area contributed by atoms with Gasteiger partial charge in [-0.1, -0.05) is 53.5 Å². The number of carbonyl (C=O) groups is 1. The fourth-order valence-corrected chi connectivity index (χ4v) is 4.17. The normalized spacial score (nSPS) is 10.9. The Bertz CT molecular complexity index is 1330. The first-order valence-electron chi connectivity index (χ1n) is 10.8. The molecule has 0 aliphatic carbocycles. The van der Waals surface area contributed by atoms with Crippen LogP contribution in [0.1, 0.15) is 32.7 Å². The Balaban J connectivity index is 1.62. The van der Waals surface area contributed by atoms with E-state index in [1.54, 1.807) is 16.8 Å². The lowest BCUT2D eigenvalue weighted by atomic mass is 10.0. The third kappa shape index (κ3) is 5.29. The number of halogens is 2. The fraction of sp³-hybridized carbons (Fsp3) is 0.185. The van der Waals surface area contributed by atoms with Crippen LogP contribution in [0.3, 0.4) is 0 Å². The van der Waals surface area contributed by atoms with Crippen molar-refractivity contribution in [2.45, 2.75) is 27.2 Å². The van der Waals surface area contributed by atoms with Gasteiger partial charge in [0.25, 0.3) is 5.91 Å². The molecule has 0 saturated carbocycles. The maximum Gasteiger partial charge on any atom is 0.270 e. The molecule has 0 aliphatic rings. The number of aromatic nitrogens is 2. The molecule has 0 atom stereocenters. The van der Waals surface area contributed by atoms with Crippen molar-refractivity contribution >= 4 is 29.1 Å². The quantitative estimate of drug-likeness (QED) is 0.334. The van der Waals surface area contributed by atoms with Gasteiger partial charge in [-0.15, -0.1) is 0 Å². The minimum atomic E-state index is -0.191. The standard InChI is InChI=1S/C27H25Cl2N3O/c1-17-5-4-6-23(13-17)32-26(16-25(31-32)21-8-7-18(2)19(3)14-21)27(33)30-12-11-20-9-10-22(28)15-24(20)29/h4-10,13-16H,11-12H2,1-3H3,(H,30,33). The second kappa shape index (κ2) is 9.82. The maximum atomic E-state index is 13.2. The molecule has 1 N–H and O–H groups in total. The van der Waals surface area contributed by atoms with Crippen molar-refractivity contribution in [1.82, 2.24) is 15.1 Å². The topological polar surface area (TPSA) is 46.9 Å². The van der Waals surface area contributed by atoms with Crippen molar-refractivity contribution in [3.63, 3.8) is 0 Å². The molecule has 0 spiro atoms. The van der Waals surface area contributed by atoms with Crippen LogP contribution in [-0.2, 0) is 6.42 Å². The van der Waals surface area contributed by atoms with Crippen LogP contribution in [0.15, 0.2) is 66.7 Å². The molecule has 6 heteroatoms. The number of carbonyl (C=O) groups excluding carboxylic acids is 1. The van der Waals surface area contributed by atoms with E-state index in [0.29, 0.717) is 28.7 Å². The van der Waals surface area contributed by atoms with Crippen LogP contribution in [-0.4, -0.2) is 22.2 Å². The fourth-order valence-electron chi connectivity index (χ4n) is 3.67. The first-order valence-corrected chi connectivity index (χ1v) is 11.5. The average molecular weight is 478 g/mol. The molecule has 0 unspecified atom stereocenters. The predicted molar refractivity (Wildman–Crippen MR) is 136 cm³/mol. The molecule has 0 bridgehead atoms. The van der Waals surface area contributed by atoms with Crippen molar-refractivity contribution in [2.75, 3.05) is 6.54 Å². The van der Waals surface area contributed by atoms with Crippen molar-refractivity contribution in [1.29, 1.82) is 0 Å². The number of benzene rings is 3. The highest BCUT2D eigenvalue weighted by Crippen LogP contribution is 2.25. The predicted octanol–water partition coefficient (Wildman–Crippen LogP) is 6.74. The zero-order valence-electron chi connectivity index (χ0n) is 18.8. The Hall–Kier alpha value is -3.08. The monoisotopic (exact) mass is 477 g/mol. The Morgan fingerprint density at radius 3 is 2.48 bits per heavy atom. The highest BCUT2D eigenvalue weighted by molar-refractivity contribution is 6.35. The number of rotatable bonds is 6. The van der Waals surface area contributed by atoms with E-state index in [1.807, 2.05) is 49.4 Å². The van der Waals surface area contributed by atoms with Crippen molar-refractivity contribution in [3.8, 4) is 16.9 Å². The molecule has 1 aromatic heterocycles. The molecular formula is C27H25Cl2N3O. The average Bonchev–Trinajstić information content (AvgIpc) is 3.23. The van der Waals surface area contributed by atoms with Crippen LogP contribution in [0.2, 0.25) is 10.0 Å². The molecule has 4 nitrogen and oxygen atoms in total. The number of nitrogens with zero attached hydrogens (tertiary/aromatic N) is 2. The van der Waals surface area contributed by atoms with Crippen LogP contribution >= 0.6 is 23.2 Å². The van der Waals surface area contributed by atoms with E-state index in [1.165, 1.54) is 11.1 Å². The van der Waals surface area contributed by atoms with Crippen LogP contribution in [0.4, 0.5) is 0 Å². The Labute approximate surface area is 204 Å². The number of aryl methyl sites for hydroxylation is 3. The van der Waals surface area contributed by atoms with Crippen molar-refractivity contribution in [3.05, 3.63) is 105 Å². The van der Waals surface area contributed by atoms with Gasteiger partial charge in [0.2, 0.25) is 0 Å². The van der Waals surface area contributed by atoms with Crippen LogP contribution < -0.4 is 5.32 Å². The number of hydrogen-bond donors (Lipinski definition) is 1. The van der Waals surface area contributed by atoms with E-state index in [4.69, 9.17) is 28.3 Å². The van der Waals surface area contributed by atoms with E-state index in [2.05, 4.69) is 31.3 Å². The summed E-state index contributed by atoms with van der Waals surface area (Å²) < 4.78 is 1.71. The molecule has 4 rings (SSSR count). The molecule has 0 aliphatic heterocycles. The van der Waals surface area contributed by atoms with E-state index in [-0.39, 0.29) is 5.91 Å². The van der Waals surface area contributed by atoms with Crippen LogP contribution in [0, 0.1) is 20.8 Å². The maximum absolute atomic E-state index is 13.2. The summed E-state index contributed by atoms with van der Waals surface area (Å²) >= 11 is 12.2. The van der Waals surface area contributed by atoms with Gasteiger partial charge < -0.3 is 5.32 Å². The zero-order valence-corrected chi connectivity index (χ0v) is 20.3. The van der Waals surface area contributed by atoms with E-state index in [9.17, 15) is 4.79 Å². The molecule has 3 aromatic carbocycles. The third-order valence-corrected chi connectivity index (χ3v) is 6.27. The van der Waals surface area contributed by atoms with Gasteiger partial charge in [0.05, 0.1) is 11.4 Å². The molecule has 0 saturated heterocycles. The Morgan fingerprint density at radius 1 is 0.939 bits per heavy atom. The van der Waals surface area contributed by atoms with Gasteiger partial charge in [0.1, 0.15) is 5.69 Å². The van der Waals surface area contributed by atoms with E-state index < -0.39 is 0 Å². The summed E-state index contributed by atoms with van der Waals surface area (Å²) in [6.45, 7) is 6.62. The number of hydrogen-bond acceptors (Lipinski definition) is 2. The number of nitrogens with one attached hydrogen (secondary N) is 1. The zero-order chi connectivity index (χ0) is 23.5. The van der Waals surface area contributed by atoms with Crippen molar-refractivity contribution in [2.24, 2.45) is 0 Å². The molecule has 33 heavy (non-hydrogen) atoms. The second-order valence-corrected chi connectivity index (χ2v) is 9.05. The van der Waals surface area contributed by atoms with Gasteiger partial charge in [0.15, 0.2) is 0 Å². The van der Waals surface area contributed by atoms with Crippen LogP contribution in [0.25, 0.3) is 16.9 Å². The molecule has 0 fully saturated rings. The summed E-state index contributed by atoms with van der Waals surface area (Å²) in [5.74, 6) is -0.191. The van der Waals surface area contributed by atoms with Gasteiger partial charge in [-0.2, -0.15) is 5.10 Å². The molecule has 1 heterocycles. The minimum absolute atomic E-state index is 0.191. The van der Waals surface area contributed by atoms with Crippen LogP contribution in [0.5, 0.6) is 0 Å². The van der Waals surface area contributed by atoms with Gasteiger partial charge in [-0.05, 0) is 85.8 Å². The highest BCUT2D eigenvalue weighted by Gasteiger charge is 2.18. The minimum Gasteiger partial charge on any atom is -0.350 e. The lowest BCUT2D eigenvalue weighted by molar-refractivity contribution is 0.0946. The summed E-state index contributed by atoms with van der Waals surface area (Å²) in [4.78, 5) is 13.2. The van der Waals surface area contributed by atoms with Gasteiger partial charge in [-0.3, -0.25) is 4.79 Å². The van der Waals surface area contributed by atoms with Gasteiger partial charge in [0, 0.05) is 22.2 Å². The SMILES string of the molecule is Cc1cccc(-n2nc(-c3ccc(C)c(C)c3)cc2C(=O)NCCc2ccc(Cl)cc2Cl)c1. The first-order chi connectivity index (χ1) is 15.8. The van der Waals surface area contributed by atoms with Crippen molar-refractivity contribution < 1.29 is 4.79 Å². The molecule has 4 aromatic rings. The van der Waals surface area contributed by atoms with E-state index >= 15 is 0 Å². The summed E-state index contributed by atoms with van der Waals surface area (Å²) in [7, 11) is 0. The lowest BCUT2D eigenvalue weighted by Gasteiger charge is -2.10. The largest absolute Gasteiger partial charge is 0.350 e. The van der Waals surface area contributed by atoms with Gasteiger partial charge >= 0.3 is 0 Å². The number of amides is 1. The second-order valence-electron chi connectivity index (χ2n) is 8.21. The summed E-state index contributed by atoms with van der Waals surface area (Å²) in [6, 6.07) is 21.4. The molecule has 1 amide bonds. The molecular weight excluding hydrogens is 453 g/mol. The van der Waals surface area contributed by atoms with Gasteiger partial charge in [-0.25, -0.2) is 4.68 Å². The molecule has 0 radical (unpaired) electrons. The first kappa shape index (κ1) is 23.1. The summed E-state index contributed by atoms with van der Waals surface area (Å²) in [5.41, 5.74) is 7.49.